The molecule has 0 aliphatic heterocycles. The van der Waals surface area contributed by atoms with Crippen molar-refractivity contribution in [2.45, 2.75) is 30.8 Å². The van der Waals surface area contributed by atoms with Crippen molar-refractivity contribution in [2.24, 2.45) is 0 Å². The van der Waals surface area contributed by atoms with E-state index in [1.807, 2.05) is 37.4 Å². The number of anilines is 1. The van der Waals surface area contributed by atoms with Crippen LogP contribution in [0.15, 0.2) is 29.3 Å². The molecule has 21 heavy (non-hydrogen) atoms. The van der Waals surface area contributed by atoms with Crippen molar-refractivity contribution >= 4 is 23.5 Å². The maximum Gasteiger partial charge on any atom is 0.251 e. The summed E-state index contributed by atoms with van der Waals surface area (Å²) in [7, 11) is 0. The zero-order chi connectivity index (χ0) is 15.0. The molecule has 1 amide bonds. The second kappa shape index (κ2) is 5.44. The smallest absolute Gasteiger partial charge is 0.251 e. The van der Waals surface area contributed by atoms with Crippen LogP contribution in [-0.4, -0.2) is 28.0 Å². The van der Waals surface area contributed by atoms with Crippen LogP contribution in [0.3, 0.4) is 0 Å². The number of benzene rings is 1. The standard InChI is InChI=1S/C15H18N4OS/c1-9-3-4-10(15(20)17-11-5-6-11)7-12(9)19-13(16)8-14(18-19)21-2/h3-4,7-8,11H,5-6,16H2,1-2H3,(H,17,20). The molecule has 2 aromatic rings. The Labute approximate surface area is 127 Å². The first kappa shape index (κ1) is 14.0. The third-order valence-electron chi connectivity index (χ3n) is 3.54. The molecule has 0 saturated heterocycles. The molecule has 3 rings (SSSR count). The normalized spacial score (nSPS) is 14.2. The number of hydrogen-bond donors (Lipinski definition) is 2. The molecular weight excluding hydrogens is 284 g/mol. The van der Waals surface area contributed by atoms with Gasteiger partial charge in [-0.05, 0) is 43.7 Å². The van der Waals surface area contributed by atoms with Gasteiger partial charge in [-0.15, -0.1) is 11.8 Å². The number of aryl methyl sites for hydroxylation is 1. The van der Waals surface area contributed by atoms with Crippen molar-refractivity contribution in [3.63, 3.8) is 0 Å². The molecule has 1 heterocycles. The molecule has 1 fully saturated rings. The lowest BCUT2D eigenvalue weighted by atomic mass is 10.1. The maximum absolute atomic E-state index is 12.2. The number of thioether (sulfide) groups is 1. The predicted octanol–water partition coefficient (Wildman–Crippen LogP) is 2.38. The van der Waals surface area contributed by atoms with Gasteiger partial charge in [0, 0.05) is 17.7 Å². The summed E-state index contributed by atoms with van der Waals surface area (Å²) in [4.78, 5) is 12.2. The first-order chi connectivity index (χ1) is 10.1. The third kappa shape index (κ3) is 2.90. The minimum atomic E-state index is -0.0328. The number of carbonyl (C=O) groups is 1. The summed E-state index contributed by atoms with van der Waals surface area (Å²) in [5, 5.41) is 8.31. The Hall–Kier alpha value is -1.95. The van der Waals surface area contributed by atoms with Gasteiger partial charge in [0.25, 0.3) is 5.91 Å². The summed E-state index contributed by atoms with van der Waals surface area (Å²) >= 11 is 1.54. The van der Waals surface area contributed by atoms with Crippen molar-refractivity contribution in [3.05, 3.63) is 35.4 Å². The first-order valence-corrected chi connectivity index (χ1v) is 8.12. The number of aromatic nitrogens is 2. The van der Waals surface area contributed by atoms with E-state index in [-0.39, 0.29) is 5.91 Å². The van der Waals surface area contributed by atoms with E-state index in [2.05, 4.69) is 10.4 Å². The zero-order valence-corrected chi connectivity index (χ0v) is 12.9. The van der Waals surface area contributed by atoms with Gasteiger partial charge in [0.05, 0.1) is 5.69 Å². The van der Waals surface area contributed by atoms with Crippen LogP contribution in [0.25, 0.3) is 5.69 Å². The van der Waals surface area contributed by atoms with Gasteiger partial charge in [0.2, 0.25) is 0 Å². The van der Waals surface area contributed by atoms with E-state index in [0.29, 0.717) is 17.4 Å². The van der Waals surface area contributed by atoms with Crippen LogP contribution < -0.4 is 11.1 Å². The van der Waals surface area contributed by atoms with Gasteiger partial charge in [-0.25, -0.2) is 4.68 Å². The van der Waals surface area contributed by atoms with Crippen molar-refractivity contribution in [1.82, 2.24) is 15.1 Å². The minimum absolute atomic E-state index is 0.0328. The molecule has 1 aliphatic rings. The summed E-state index contributed by atoms with van der Waals surface area (Å²) in [6, 6.07) is 7.80. The number of nitrogens with two attached hydrogens (primary N) is 1. The number of amides is 1. The van der Waals surface area contributed by atoms with E-state index in [0.717, 1.165) is 29.1 Å². The SMILES string of the molecule is CSc1cc(N)n(-c2cc(C(=O)NC3CC3)ccc2C)n1. The fourth-order valence-corrected chi connectivity index (χ4v) is 2.54. The highest BCUT2D eigenvalue weighted by Gasteiger charge is 2.24. The number of nitrogens with zero attached hydrogens (tertiary/aromatic N) is 2. The summed E-state index contributed by atoms with van der Waals surface area (Å²) in [5.74, 6) is 0.539. The summed E-state index contributed by atoms with van der Waals surface area (Å²) in [5.41, 5.74) is 8.54. The van der Waals surface area contributed by atoms with E-state index in [1.54, 1.807) is 16.4 Å². The van der Waals surface area contributed by atoms with Gasteiger partial charge in [0.1, 0.15) is 10.8 Å². The van der Waals surface area contributed by atoms with Gasteiger partial charge in [-0.3, -0.25) is 4.79 Å². The van der Waals surface area contributed by atoms with Gasteiger partial charge >= 0.3 is 0 Å². The summed E-state index contributed by atoms with van der Waals surface area (Å²) in [6.07, 6.45) is 4.11. The number of nitrogen functional groups attached to an aromatic ring is 1. The Morgan fingerprint density at radius 1 is 1.43 bits per heavy atom. The van der Waals surface area contributed by atoms with Crippen LogP contribution in [0.2, 0.25) is 0 Å². The van der Waals surface area contributed by atoms with E-state index in [9.17, 15) is 4.79 Å². The van der Waals surface area contributed by atoms with Gasteiger partial charge in [-0.2, -0.15) is 5.10 Å². The highest BCUT2D eigenvalue weighted by molar-refractivity contribution is 7.98. The van der Waals surface area contributed by atoms with E-state index in [1.165, 1.54) is 0 Å². The molecule has 1 aliphatic carbocycles. The molecule has 0 radical (unpaired) electrons. The molecular formula is C15H18N4OS. The molecule has 3 N–H and O–H groups in total. The number of carbonyl (C=O) groups excluding carboxylic acids is 1. The van der Waals surface area contributed by atoms with Crippen molar-refractivity contribution < 1.29 is 4.79 Å². The Bertz CT molecular complexity index is 691. The van der Waals surface area contributed by atoms with Crippen LogP contribution in [0.1, 0.15) is 28.8 Å². The van der Waals surface area contributed by atoms with Gasteiger partial charge < -0.3 is 11.1 Å². The molecule has 0 bridgehead atoms. The first-order valence-electron chi connectivity index (χ1n) is 6.90. The predicted molar refractivity (Wildman–Crippen MR) is 85.0 cm³/mol. The summed E-state index contributed by atoms with van der Waals surface area (Å²) in [6.45, 7) is 1.98. The van der Waals surface area contributed by atoms with Gasteiger partial charge in [0.15, 0.2) is 0 Å². The Kier molecular flexibility index (Phi) is 3.63. The fourth-order valence-electron chi connectivity index (χ4n) is 2.14. The molecule has 0 unspecified atom stereocenters. The van der Waals surface area contributed by atoms with Crippen molar-refractivity contribution in [1.29, 1.82) is 0 Å². The molecule has 1 aromatic heterocycles. The number of nitrogens with one attached hydrogen (secondary N) is 1. The molecule has 0 atom stereocenters. The van der Waals surface area contributed by atoms with Crippen LogP contribution in [0, 0.1) is 6.92 Å². The number of hydrogen-bond acceptors (Lipinski definition) is 4. The van der Waals surface area contributed by atoms with Gasteiger partial charge in [-0.1, -0.05) is 6.07 Å². The van der Waals surface area contributed by atoms with E-state index in [4.69, 9.17) is 5.73 Å². The average Bonchev–Trinajstić information content (AvgIpc) is 3.20. The molecule has 1 saturated carbocycles. The number of rotatable bonds is 4. The Morgan fingerprint density at radius 3 is 2.81 bits per heavy atom. The lowest BCUT2D eigenvalue weighted by Gasteiger charge is -2.10. The molecule has 6 heteroatoms. The zero-order valence-electron chi connectivity index (χ0n) is 12.1. The van der Waals surface area contributed by atoms with Crippen LogP contribution in [0.4, 0.5) is 5.82 Å². The highest BCUT2D eigenvalue weighted by atomic mass is 32.2. The average molecular weight is 302 g/mol. The second-order valence-electron chi connectivity index (χ2n) is 5.27. The van der Waals surface area contributed by atoms with E-state index >= 15 is 0 Å². The molecule has 0 spiro atoms. The molecule has 110 valence electrons. The quantitative estimate of drug-likeness (QED) is 0.851. The van der Waals surface area contributed by atoms with Crippen LogP contribution >= 0.6 is 11.8 Å². The minimum Gasteiger partial charge on any atom is -0.384 e. The topological polar surface area (TPSA) is 72.9 Å². The largest absolute Gasteiger partial charge is 0.384 e. The maximum atomic E-state index is 12.2. The Balaban J connectivity index is 1.96. The molecule has 5 nitrogen and oxygen atoms in total. The molecule has 1 aromatic carbocycles. The van der Waals surface area contributed by atoms with E-state index < -0.39 is 0 Å². The fraction of sp³-hybridized carbons (Fsp3) is 0.333. The lowest BCUT2D eigenvalue weighted by Crippen LogP contribution is -2.25. The van der Waals surface area contributed by atoms with Crippen molar-refractivity contribution in [3.8, 4) is 5.69 Å². The summed E-state index contributed by atoms with van der Waals surface area (Å²) < 4.78 is 1.69. The van der Waals surface area contributed by atoms with Crippen LogP contribution in [-0.2, 0) is 0 Å². The van der Waals surface area contributed by atoms with Crippen LogP contribution in [0.5, 0.6) is 0 Å². The lowest BCUT2D eigenvalue weighted by molar-refractivity contribution is 0.0951. The monoisotopic (exact) mass is 302 g/mol. The Morgan fingerprint density at radius 2 is 2.19 bits per heavy atom. The third-order valence-corrected chi connectivity index (χ3v) is 4.15. The van der Waals surface area contributed by atoms with Crippen molar-refractivity contribution in [2.75, 3.05) is 12.0 Å². The second-order valence-corrected chi connectivity index (χ2v) is 6.10. The highest BCUT2D eigenvalue weighted by Crippen LogP contribution is 2.24.